The van der Waals surface area contributed by atoms with E-state index in [1.165, 1.54) is 6.33 Å². The highest BCUT2D eigenvalue weighted by atomic mass is 16.1. The molecule has 20 heavy (non-hydrogen) atoms. The van der Waals surface area contributed by atoms with Crippen LogP contribution in [-0.2, 0) is 0 Å². The van der Waals surface area contributed by atoms with Gasteiger partial charge in [0.05, 0.1) is 5.56 Å². The Labute approximate surface area is 116 Å². The molecule has 0 aliphatic carbocycles. The zero-order valence-corrected chi connectivity index (χ0v) is 11.3. The second kappa shape index (κ2) is 4.85. The van der Waals surface area contributed by atoms with Gasteiger partial charge in [-0.25, -0.2) is 9.97 Å². The van der Waals surface area contributed by atoms with Crippen LogP contribution in [0.3, 0.4) is 0 Å². The lowest BCUT2D eigenvalue weighted by Gasteiger charge is -2.07. The van der Waals surface area contributed by atoms with Gasteiger partial charge in [-0.15, -0.1) is 0 Å². The third-order valence-corrected chi connectivity index (χ3v) is 3.22. The number of aromatic nitrogens is 4. The Balaban J connectivity index is 2.20. The number of carbonyl (C=O) groups excluding carboxylic acids is 1. The molecule has 0 aliphatic heterocycles. The van der Waals surface area contributed by atoms with Gasteiger partial charge in [-0.2, -0.15) is 0 Å². The molecule has 3 aromatic rings. The van der Waals surface area contributed by atoms with Crippen molar-refractivity contribution in [2.75, 3.05) is 0 Å². The Hall–Kier alpha value is -2.56. The van der Waals surface area contributed by atoms with Gasteiger partial charge in [-0.3, -0.25) is 9.78 Å². The molecule has 5 heteroatoms. The summed E-state index contributed by atoms with van der Waals surface area (Å²) in [7, 11) is 0. The topological polar surface area (TPSA) is 60.7 Å². The lowest BCUT2D eigenvalue weighted by atomic mass is 10.1. The lowest BCUT2D eigenvalue weighted by Crippen LogP contribution is -2.02. The molecule has 0 saturated carbocycles. The fourth-order valence-electron chi connectivity index (χ4n) is 2.22. The van der Waals surface area contributed by atoms with Gasteiger partial charge in [0.15, 0.2) is 5.78 Å². The molecular weight excluding hydrogens is 252 g/mol. The molecule has 3 heterocycles. The summed E-state index contributed by atoms with van der Waals surface area (Å²) in [6, 6.07) is 3.74. The van der Waals surface area contributed by atoms with Crippen molar-refractivity contribution in [1.29, 1.82) is 0 Å². The maximum absolute atomic E-state index is 12.6. The molecule has 100 valence electrons. The van der Waals surface area contributed by atoms with Crippen LogP contribution in [0.4, 0.5) is 0 Å². The fraction of sp³-hybridized carbons (Fsp3) is 0.200. The normalized spacial score (nSPS) is 11.2. The van der Waals surface area contributed by atoms with Crippen LogP contribution in [0, 0.1) is 0 Å². The molecule has 0 fully saturated rings. The molecule has 0 bridgehead atoms. The highest BCUT2D eigenvalue weighted by Crippen LogP contribution is 2.24. The van der Waals surface area contributed by atoms with Crippen molar-refractivity contribution in [2.24, 2.45) is 0 Å². The zero-order valence-electron chi connectivity index (χ0n) is 11.3. The van der Waals surface area contributed by atoms with E-state index in [9.17, 15) is 4.79 Å². The molecule has 0 radical (unpaired) electrons. The first-order valence-electron chi connectivity index (χ1n) is 6.43. The molecule has 3 aromatic heterocycles. The minimum absolute atomic E-state index is 0.0581. The monoisotopic (exact) mass is 266 g/mol. The average molecular weight is 266 g/mol. The molecule has 5 nitrogen and oxygen atoms in total. The van der Waals surface area contributed by atoms with E-state index in [0.29, 0.717) is 11.1 Å². The van der Waals surface area contributed by atoms with Gasteiger partial charge in [0.25, 0.3) is 0 Å². The third kappa shape index (κ3) is 1.97. The van der Waals surface area contributed by atoms with Gasteiger partial charge in [-0.1, -0.05) is 0 Å². The number of fused-ring (bicyclic) bond motifs is 1. The van der Waals surface area contributed by atoms with Gasteiger partial charge < -0.3 is 4.57 Å². The van der Waals surface area contributed by atoms with Crippen molar-refractivity contribution in [3.8, 4) is 0 Å². The summed E-state index contributed by atoms with van der Waals surface area (Å²) in [6.45, 7) is 4.11. The Bertz CT molecular complexity index is 762. The summed E-state index contributed by atoms with van der Waals surface area (Å²) < 4.78 is 1.99. The first kappa shape index (κ1) is 12.5. The first-order chi connectivity index (χ1) is 9.68. The fourth-order valence-corrected chi connectivity index (χ4v) is 2.22. The van der Waals surface area contributed by atoms with Crippen LogP contribution in [0.5, 0.6) is 0 Å². The van der Waals surface area contributed by atoms with E-state index in [2.05, 4.69) is 28.8 Å². The Morgan fingerprint density at radius 2 is 2.10 bits per heavy atom. The van der Waals surface area contributed by atoms with Crippen LogP contribution < -0.4 is 0 Å². The lowest BCUT2D eigenvalue weighted by molar-refractivity contribution is 0.103. The smallest absolute Gasteiger partial charge is 0.196 e. The largest absolute Gasteiger partial charge is 0.329 e. The Morgan fingerprint density at radius 1 is 1.25 bits per heavy atom. The molecule has 0 aliphatic rings. The van der Waals surface area contributed by atoms with Crippen LogP contribution >= 0.6 is 0 Å². The predicted molar refractivity (Wildman–Crippen MR) is 75.6 cm³/mol. The summed E-state index contributed by atoms with van der Waals surface area (Å²) in [5.41, 5.74) is 1.96. The Morgan fingerprint density at radius 3 is 2.80 bits per heavy atom. The van der Waals surface area contributed by atoms with Crippen molar-refractivity contribution in [2.45, 2.75) is 19.9 Å². The molecule has 0 N–H and O–H groups in total. The van der Waals surface area contributed by atoms with Crippen LogP contribution in [0.15, 0.2) is 43.2 Å². The highest BCUT2D eigenvalue weighted by Gasteiger charge is 2.18. The molecule has 0 atom stereocenters. The number of hydrogen-bond acceptors (Lipinski definition) is 4. The van der Waals surface area contributed by atoms with Crippen LogP contribution in [0.25, 0.3) is 11.0 Å². The summed E-state index contributed by atoms with van der Waals surface area (Å²) in [5.74, 6) is -0.0581. The van der Waals surface area contributed by atoms with E-state index in [0.717, 1.165) is 11.0 Å². The molecule has 0 aromatic carbocycles. The van der Waals surface area contributed by atoms with Crippen molar-refractivity contribution in [1.82, 2.24) is 19.5 Å². The molecule has 0 unspecified atom stereocenters. The molecule has 0 saturated heterocycles. The molecule has 3 rings (SSSR count). The van der Waals surface area contributed by atoms with Gasteiger partial charge in [-0.05, 0) is 26.0 Å². The quantitative estimate of drug-likeness (QED) is 0.684. The van der Waals surface area contributed by atoms with E-state index in [4.69, 9.17) is 0 Å². The van der Waals surface area contributed by atoms with Gasteiger partial charge in [0.2, 0.25) is 0 Å². The Kier molecular flexibility index (Phi) is 3.02. The van der Waals surface area contributed by atoms with E-state index in [1.807, 2.05) is 10.8 Å². The molecule has 0 spiro atoms. The van der Waals surface area contributed by atoms with Crippen LogP contribution in [-0.4, -0.2) is 25.3 Å². The minimum atomic E-state index is -0.0581. The summed E-state index contributed by atoms with van der Waals surface area (Å²) >= 11 is 0. The van der Waals surface area contributed by atoms with Crippen molar-refractivity contribution in [3.63, 3.8) is 0 Å². The molecule has 0 amide bonds. The number of hydrogen-bond donors (Lipinski definition) is 0. The maximum Gasteiger partial charge on any atom is 0.196 e. The van der Waals surface area contributed by atoms with E-state index >= 15 is 0 Å². The van der Waals surface area contributed by atoms with Crippen molar-refractivity contribution < 1.29 is 4.79 Å². The second-order valence-electron chi connectivity index (χ2n) is 4.87. The van der Waals surface area contributed by atoms with E-state index in [-0.39, 0.29) is 11.8 Å². The zero-order chi connectivity index (χ0) is 14.1. The number of carbonyl (C=O) groups is 1. The number of pyridine rings is 1. The van der Waals surface area contributed by atoms with Crippen molar-refractivity contribution >= 4 is 16.8 Å². The standard InChI is InChI=1S/C15H14N4O/c1-10(2)19-8-13(12-7-17-9-18-15(12)19)14(20)11-4-3-5-16-6-11/h3-10H,1-2H3. The van der Waals surface area contributed by atoms with Gasteiger partial charge in [0.1, 0.15) is 12.0 Å². The second-order valence-corrected chi connectivity index (χ2v) is 4.87. The van der Waals surface area contributed by atoms with Crippen LogP contribution in [0.1, 0.15) is 35.8 Å². The third-order valence-electron chi connectivity index (χ3n) is 3.22. The van der Waals surface area contributed by atoms with Gasteiger partial charge >= 0.3 is 0 Å². The number of ketones is 1. The van der Waals surface area contributed by atoms with Crippen molar-refractivity contribution in [3.05, 3.63) is 54.4 Å². The molecular formula is C15H14N4O. The summed E-state index contributed by atoms with van der Waals surface area (Å²) in [6.07, 6.45) is 8.26. The van der Waals surface area contributed by atoms with Gasteiger partial charge in [0, 0.05) is 41.8 Å². The number of nitrogens with zero attached hydrogens (tertiary/aromatic N) is 4. The highest BCUT2D eigenvalue weighted by molar-refractivity contribution is 6.15. The van der Waals surface area contributed by atoms with Crippen LogP contribution in [0.2, 0.25) is 0 Å². The maximum atomic E-state index is 12.6. The minimum Gasteiger partial charge on any atom is -0.329 e. The number of rotatable bonds is 3. The summed E-state index contributed by atoms with van der Waals surface area (Å²) in [4.78, 5) is 24.9. The summed E-state index contributed by atoms with van der Waals surface area (Å²) in [5, 5.41) is 0.773. The first-order valence-corrected chi connectivity index (χ1v) is 6.43. The van der Waals surface area contributed by atoms with E-state index < -0.39 is 0 Å². The van der Waals surface area contributed by atoms with E-state index in [1.54, 1.807) is 30.7 Å². The average Bonchev–Trinajstić information content (AvgIpc) is 2.87. The SMILES string of the molecule is CC(C)n1cc(C(=O)c2cccnc2)c2cncnc21. The predicted octanol–water partition coefficient (Wildman–Crippen LogP) is 2.64.